The molecule has 2 heterocycles. The first-order valence-electron chi connectivity index (χ1n) is 14.2. The zero-order valence-corrected chi connectivity index (χ0v) is 24.7. The molecular weight excluding hydrogens is 622 g/mol. The number of ether oxygens (including phenoxy) is 5. The van der Waals surface area contributed by atoms with Crippen LogP contribution in [0.5, 0.6) is 23.0 Å². The summed E-state index contributed by atoms with van der Waals surface area (Å²) in [4.78, 5) is 62.4. The van der Waals surface area contributed by atoms with Crippen molar-refractivity contribution in [1.29, 1.82) is 0 Å². The summed E-state index contributed by atoms with van der Waals surface area (Å²) in [6.45, 7) is 0.594. The number of carbonyl (C=O) groups is 5. The normalized spacial score (nSPS) is 18.9. The van der Waals surface area contributed by atoms with Crippen LogP contribution in [0.4, 0.5) is 0 Å². The second kappa shape index (κ2) is 13.4. The van der Waals surface area contributed by atoms with Gasteiger partial charge in [-0.3, -0.25) is 9.59 Å². The third kappa shape index (κ3) is 6.80. The standard InChI is InChI=1S/C32H29NO14/c1-17(33(15-25(34)35)28(36)26-27(29(37)38)47-32(46-26,30(39)40)31(41)42)22(13-18-7-12-23-24(14-18)44-16-43-23)19-8-10-21(11-9-19)45-20-5-3-2-4-6-20/h2-12,14,17,22,26-27H,13,15-16H2,1H3,(H,34,35)(H,37,38)(H,39,40)(H,41,42). The lowest BCUT2D eigenvalue weighted by molar-refractivity contribution is -0.221. The largest absolute Gasteiger partial charge is 0.480 e. The Morgan fingerprint density at radius 2 is 1.45 bits per heavy atom. The molecule has 0 saturated carbocycles. The van der Waals surface area contributed by atoms with Gasteiger partial charge in [0.1, 0.15) is 18.0 Å². The Bertz CT molecular complexity index is 1660. The minimum atomic E-state index is -3.51. The Balaban J connectivity index is 1.51. The van der Waals surface area contributed by atoms with Gasteiger partial charge < -0.3 is 49.0 Å². The van der Waals surface area contributed by atoms with Gasteiger partial charge >= 0.3 is 29.7 Å². The number of aliphatic carboxylic acids is 4. The molecule has 246 valence electrons. The summed E-state index contributed by atoms with van der Waals surface area (Å²) in [5.41, 5.74) is 1.35. The minimum absolute atomic E-state index is 0.0325. The zero-order chi connectivity index (χ0) is 33.9. The summed E-state index contributed by atoms with van der Waals surface area (Å²) < 4.78 is 26.6. The van der Waals surface area contributed by atoms with Crippen LogP contribution in [0.2, 0.25) is 0 Å². The molecule has 0 bridgehead atoms. The van der Waals surface area contributed by atoms with Crippen LogP contribution >= 0.6 is 0 Å². The third-order valence-electron chi connectivity index (χ3n) is 7.75. The second-order valence-corrected chi connectivity index (χ2v) is 10.7. The van der Waals surface area contributed by atoms with Gasteiger partial charge in [-0.1, -0.05) is 36.4 Å². The van der Waals surface area contributed by atoms with Crippen molar-refractivity contribution >= 4 is 29.8 Å². The maximum absolute atomic E-state index is 13.9. The summed E-state index contributed by atoms with van der Waals surface area (Å²) in [6, 6.07) is 20.0. The number of carbonyl (C=O) groups excluding carboxylic acids is 1. The molecule has 0 aliphatic carbocycles. The molecule has 0 radical (unpaired) electrons. The fourth-order valence-corrected chi connectivity index (χ4v) is 5.41. The zero-order valence-electron chi connectivity index (χ0n) is 24.7. The molecular formula is C32H29NO14. The number of para-hydroxylation sites is 1. The Hall–Kier alpha value is -5.67. The lowest BCUT2D eigenvalue weighted by atomic mass is 9.85. The van der Waals surface area contributed by atoms with E-state index in [1.54, 1.807) is 54.6 Å². The van der Waals surface area contributed by atoms with Gasteiger partial charge in [-0.15, -0.1) is 0 Å². The first-order valence-corrected chi connectivity index (χ1v) is 14.2. The molecule has 1 fully saturated rings. The van der Waals surface area contributed by atoms with E-state index in [0.717, 1.165) is 10.5 Å². The summed E-state index contributed by atoms with van der Waals surface area (Å²) in [5.74, 6) is -11.2. The highest BCUT2D eigenvalue weighted by Crippen LogP contribution is 2.37. The van der Waals surface area contributed by atoms with E-state index < -0.39 is 66.3 Å². The molecule has 4 unspecified atom stereocenters. The van der Waals surface area contributed by atoms with Crippen LogP contribution in [0.15, 0.2) is 72.8 Å². The lowest BCUT2D eigenvalue weighted by Gasteiger charge is -2.36. The van der Waals surface area contributed by atoms with E-state index in [0.29, 0.717) is 28.6 Å². The van der Waals surface area contributed by atoms with Crippen molar-refractivity contribution < 1.29 is 68.1 Å². The highest BCUT2D eigenvalue weighted by molar-refractivity contribution is 6.02. The molecule has 15 nitrogen and oxygen atoms in total. The van der Waals surface area contributed by atoms with Gasteiger partial charge in [-0.25, -0.2) is 14.4 Å². The van der Waals surface area contributed by atoms with Gasteiger partial charge in [0.15, 0.2) is 23.7 Å². The van der Waals surface area contributed by atoms with Crippen molar-refractivity contribution in [3.63, 3.8) is 0 Å². The van der Waals surface area contributed by atoms with Crippen LogP contribution in [0, 0.1) is 0 Å². The van der Waals surface area contributed by atoms with E-state index in [9.17, 15) is 44.4 Å². The van der Waals surface area contributed by atoms with Gasteiger partial charge in [0.2, 0.25) is 6.79 Å². The predicted octanol–water partition coefficient (Wildman–Crippen LogP) is 2.57. The number of benzene rings is 3. The van der Waals surface area contributed by atoms with Crippen molar-refractivity contribution in [2.45, 2.75) is 43.3 Å². The molecule has 47 heavy (non-hydrogen) atoms. The maximum Gasteiger partial charge on any atom is 0.377 e. The molecule has 3 aromatic carbocycles. The van der Waals surface area contributed by atoms with Crippen LogP contribution in [-0.4, -0.2) is 92.5 Å². The molecule has 3 aromatic rings. The number of nitrogens with zero attached hydrogens (tertiary/aromatic N) is 1. The quantitative estimate of drug-likeness (QED) is 0.196. The highest BCUT2D eigenvalue weighted by atomic mass is 16.8. The number of amides is 1. The molecule has 1 amide bonds. The van der Waals surface area contributed by atoms with E-state index >= 15 is 0 Å². The topological polar surface area (TPSA) is 216 Å². The number of fused-ring (bicyclic) bond motifs is 1. The third-order valence-corrected chi connectivity index (χ3v) is 7.75. The van der Waals surface area contributed by atoms with Crippen LogP contribution < -0.4 is 14.2 Å². The fraction of sp³-hybridized carbons (Fsp3) is 0.281. The van der Waals surface area contributed by atoms with Crippen LogP contribution in [0.25, 0.3) is 0 Å². The Morgan fingerprint density at radius 3 is 2.06 bits per heavy atom. The van der Waals surface area contributed by atoms with E-state index in [2.05, 4.69) is 0 Å². The molecule has 4 atom stereocenters. The minimum Gasteiger partial charge on any atom is -0.480 e. The molecule has 15 heteroatoms. The summed E-state index contributed by atoms with van der Waals surface area (Å²) in [6.07, 6.45) is -4.48. The average Bonchev–Trinajstić information content (AvgIpc) is 3.69. The first-order chi connectivity index (χ1) is 22.4. The maximum atomic E-state index is 13.9. The number of rotatable bonds is 13. The average molecular weight is 652 g/mol. The molecule has 0 aromatic heterocycles. The van der Waals surface area contributed by atoms with Gasteiger partial charge in [0.05, 0.1) is 0 Å². The monoisotopic (exact) mass is 651 g/mol. The van der Waals surface area contributed by atoms with E-state index in [1.165, 1.54) is 6.92 Å². The predicted molar refractivity (Wildman–Crippen MR) is 156 cm³/mol. The molecule has 1 saturated heterocycles. The van der Waals surface area contributed by atoms with Crippen molar-refractivity contribution in [3.8, 4) is 23.0 Å². The van der Waals surface area contributed by atoms with Gasteiger partial charge in [0, 0.05) is 12.0 Å². The molecule has 0 spiro atoms. The molecule has 4 N–H and O–H groups in total. The second-order valence-electron chi connectivity index (χ2n) is 10.7. The first kappa shape index (κ1) is 32.7. The number of hydrogen-bond donors (Lipinski definition) is 4. The number of carboxylic acid groups (broad SMARTS) is 4. The van der Waals surface area contributed by atoms with E-state index in [4.69, 9.17) is 23.7 Å². The van der Waals surface area contributed by atoms with Crippen molar-refractivity contribution in [2.75, 3.05) is 13.3 Å². The van der Waals surface area contributed by atoms with Gasteiger partial charge in [-0.05, 0) is 60.9 Å². The van der Waals surface area contributed by atoms with Crippen LogP contribution in [0.1, 0.15) is 24.0 Å². The Labute approximate surface area is 266 Å². The number of hydrogen-bond acceptors (Lipinski definition) is 10. The SMILES string of the molecule is CC(C(Cc1ccc2c(c1)OCO2)c1ccc(Oc2ccccc2)cc1)N(CC(=O)O)C(=O)C1OC(C(=O)O)(C(=O)O)OC1C(=O)O. The molecule has 2 aliphatic rings. The lowest BCUT2D eigenvalue weighted by Crippen LogP contribution is -2.53. The summed E-state index contributed by atoms with van der Waals surface area (Å²) in [5, 5.41) is 38.6. The Morgan fingerprint density at radius 1 is 0.830 bits per heavy atom. The van der Waals surface area contributed by atoms with Crippen molar-refractivity contribution in [3.05, 3.63) is 83.9 Å². The van der Waals surface area contributed by atoms with Gasteiger partial charge in [-0.2, -0.15) is 0 Å². The van der Waals surface area contributed by atoms with E-state index in [-0.39, 0.29) is 13.2 Å². The molecule has 2 aliphatic heterocycles. The Kier molecular flexibility index (Phi) is 9.30. The smallest absolute Gasteiger partial charge is 0.377 e. The van der Waals surface area contributed by atoms with Crippen molar-refractivity contribution in [2.24, 2.45) is 0 Å². The summed E-state index contributed by atoms with van der Waals surface area (Å²) >= 11 is 0. The highest BCUT2D eigenvalue weighted by Gasteiger charge is 2.64. The molecule has 5 rings (SSSR count). The number of carboxylic acids is 4. The van der Waals surface area contributed by atoms with Crippen LogP contribution in [-0.2, 0) is 39.9 Å². The van der Waals surface area contributed by atoms with E-state index in [1.807, 2.05) is 18.2 Å². The summed E-state index contributed by atoms with van der Waals surface area (Å²) in [7, 11) is 0. The van der Waals surface area contributed by atoms with Gasteiger partial charge in [0.25, 0.3) is 5.91 Å². The fourth-order valence-electron chi connectivity index (χ4n) is 5.41. The van der Waals surface area contributed by atoms with Crippen LogP contribution in [0.3, 0.4) is 0 Å². The van der Waals surface area contributed by atoms with Crippen molar-refractivity contribution in [1.82, 2.24) is 4.90 Å².